The highest BCUT2D eigenvalue weighted by Crippen LogP contribution is 2.20. The monoisotopic (exact) mass is 512 g/mol. The first-order valence-corrected chi connectivity index (χ1v) is 12.8. The molecule has 1 aromatic carbocycles. The van der Waals surface area contributed by atoms with Gasteiger partial charge in [0.25, 0.3) is 11.5 Å². The minimum Gasteiger partial charge on any atom is -0.461 e. The van der Waals surface area contributed by atoms with E-state index in [1.54, 1.807) is 13.0 Å². The molecule has 36 heavy (non-hydrogen) atoms. The number of quaternary nitrogens is 1. The van der Waals surface area contributed by atoms with Crippen molar-refractivity contribution < 1.29 is 19.2 Å². The third kappa shape index (κ3) is 5.77. The van der Waals surface area contributed by atoms with Crippen LogP contribution in [0.5, 0.6) is 0 Å². The van der Waals surface area contributed by atoms with Gasteiger partial charge in [-0.2, -0.15) is 9.78 Å². The molecule has 1 amide bonds. The van der Waals surface area contributed by atoms with Crippen molar-refractivity contribution in [2.24, 2.45) is 0 Å². The number of nitrogens with one attached hydrogen (secondary N) is 2. The summed E-state index contributed by atoms with van der Waals surface area (Å²) in [5, 5.41) is 16.6. The van der Waals surface area contributed by atoms with Crippen LogP contribution in [-0.2, 0) is 16.0 Å². The van der Waals surface area contributed by atoms with Crippen molar-refractivity contribution in [3.05, 3.63) is 57.0 Å². The molecule has 1 fully saturated rings. The zero-order valence-electron chi connectivity index (χ0n) is 20.6. The number of carbonyl (C=O) groups excluding carboxylic acids is 2. The summed E-state index contributed by atoms with van der Waals surface area (Å²) in [7, 11) is 0. The Morgan fingerprint density at radius 3 is 2.56 bits per heavy atom. The summed E-state index contributed by atoms with van der Waals surface area (Å²) in [6, 6.07) is 8.82. The molecule has 1 aliphatic heterocycles. The number of carbonyl (C=O) groups is 2. The summed E-state index contributed by atoms with van der Waals surface area (Å²) in [6.45, 7) is 8.54. The standard InChI is InChI=1S/C24H29N7O4S/c1-4-20-26-27-24(36-20)25-19(32)15-29-10-12-30(13-11-29)18-14-21(33)31(17-9-7-6-8-16(17)3)28-22(18)23(34)35-5-2/h6-9,14H,4-5,10-13,15H2,1-3H3,(H,25,27,32)/p+1. The fourth-order valence-electron chi connectivity index (χ4n) is 4.08. The van der Waals surface area contributed by atoms with Crippen LogP contribution in [0.1, 0.15) is 34.9 Å². The number of aryl methyl sites for hydroxylation is 2. The molecule has 0 bridgehead atoms. The third-order valence-corrected chi connectivity index (χ3v) is 6.94. The lowest BCUT2D eigenvalue weighted by Gasteiger charge is -2.33. The topological polar surface area (TPSA) is 124 Å². The lowest BCUT2D eigenvalue weighted by molar-refractivity contribution is -0.892. The lowest BCUT2D eigenvalue weighted by Crippen LogP contribution is -3.15. The maximum absolute atomic E-state index is 13.0. The molecule has 0 saturated carbocycles. The minimum absolute atomic E-state index is 0.101. The van der Waals surface area contributed by atoms with Crippen molar-refractivity contribution in [1.29, 1.82) is 0 Å². The van der Waals surface area contributed by atoms with Gasteiger partial charge < -0.3 is 14.5 Å². The number of aromatic nitrogens is 4. The van der Waals surface area contributed by atoms with Gasteiger partial charge in [0.1, 0.15) is 5.01 Å². The van der Waals surface area contributed by atoms with E-state index in [0.29, 0.717) is 49.2 Å². The van der Waals surface area contributed by atoms with E-state index in [9.17, 15) is 14.4 Å². The zero-order chi connectivity index (χ0) is 25.7. The number of amides is 1. The van der Waals surface area contributed by atoms with Gasteiger partial charge in [0, 0.05) is 6.07 Å². The molecule has 0 aliphatic carbocycles. The van der Waals surface area contributed by atoms with E-state index < -0.39 is 5.97 Å². The summed E-state index contributed by atoms with van der Waals surface area (Å²) in [5.41, 5.74) is 1.70. The fraction of sp³-hybridized carbons (Fsp3) is 0.417. The van der Waals surface area contributed by atoms with Crippen LogP contribution >= 0.6 is 11.3 Å². The highest BCUT2D eigenvalue weighted by atomic mass is 32.1. The van der Waals surface area contributed by atoms with Crippen molar-refractivity contribution in [3.8, 4) is 5.69 Å². The number of rotatable bonds is 8. The molecule has 4 rings (SSSR count). The Hall–Kier alpha value is -3.64. The van der Waals surface area contributed by atoms with Crippen LogP contribution in [-0.4, -0.2) is 71.2 Å². The van der Waals surface area contributed by atoms with E-state index in [4.69, 9.17) is 4.74 Å². The Morgan fingerprint density at radius 2 is 1.89 bits per heavy atom. The largest absolute Gasteiger partial charge is 0.461 e. The Balaban J connectivity index is 1.48. The number of para-hydroxylation sites is 1. The quantitative estimate of drug-likeness (QED) is 0.418. The Labute approximate surface area is 212 Å². The maximum Gasteiger partial charge on any atom is 0.360 e. The highest BCUT2D eigenvalue weighted by molar-refractivity contribution is 7.15. The molecule has 190 valence electrons. The molecule has 0 atom stereocenters. The van der Waals surface area contributed by atoms with Crippen molar-refractivity contribution in [2.75, 3.05) is 49.5 Å². The molecule has 2 aromatic heterocycles. The highest BCUT2D eigenvalue weighted by Gasteiger charge is 2.28. The van der Waals surface area contributed by atoms with Gasteiger partial charge in [-0.05, 0) is 31.9 Å². The molecule has 1 aliphatic rings. The van der Waals surface area contributed by atoms with Crippen LogP contribution < -0.4 is 20.7 Å². The lowest BCUT2D eigenvalue weighted by atomic mass is 10.2. The van der Waals surface area contributed by atoms with Gasteiger partial charge in [0.2, 0.25) is 5.13 Å². The van der Waals surface area contributed by atoms with Crippen LogP contribution in [0.2, 0.25) is 0 Å². The Bertz CT molecular complexity index is 1300. The summed E-state index contributed by atoms with van der Waals surface area (Å²) in [5.74, 6) is -0.695. The number of ether oxygens (including phenoxy) is 1. The van der Waals surface area contributed by atoms with Crippen molar-refractivity contribution in [1.82, 2.24) is 20.0 Å². The number of esters is 1. The molecule has 11 nitrogen and oxygen atoms in total. The number of nitrogens with zero attached hydrogens (tertiary/aromatic N) is 5. The predicted octanol–water partition coefficient (Wildman–Crippen LogP) is 0.475. The number of benzene rings is 1. The fourth-order valence-corrected chi connectivity index (χ4v) is 4.78. The maximum atomic E-state index is 13.0. The first-order valence-electron chi connectivity index (χ1n) is 12.0. The smallest absolute Gasteiger partial charge is 0.360 e. The van der Waals surface area contributed by atoms with E-state index in [2.05, 4.69) is 20.6 Å². The molecule has 3 heterocycles. The molecule has 0 unspecified atom stereocenters. The number of hydrogen-bond acceptors (Lipinski definition) is 9. The first-order chi connectivity index (χ1) is 17.4. The molecule has 12 heteroatoms. The first kappa shape index (κ1) is 25.5. The summed E-state index contributed by atoms with van der Waals surface area (Å²) in [4.78, 5) is 41.4. The Morgan fingerprint density at radius 1 is 1.14 bits per heavy atom. The molecule has 0 spiro atoms. The predicted molar refractivity (Wildman–Crippen MR) is 136 cm³/mol. The summed E-state index contributed by atoms with van der Waals surface area (Å²) >= 11 is 1.38. The van der Waals surface area contributed by atoms with Crippen LogP contribution in [0, 0.1) is 6.92 Å². The van der Waals surface area contributed by atoms with Crippen LogP contribution in [0.15, 0.2) is 35.1 Å². The summed E-state index contributed by atoms with van der Waals surface area (Å²) in [6.07, 6.45) is 0.777. The molecular weight excluding hydrogens is 482 g/mol. The number of piperazine rings is 1. The molecule has 1 saturated heterocycles. The van der Waals surface area contributed by atoms with Crippen LogP contribution in [0.3, 0.4) is 0 Å². The van der Waals surface area contributed by atoms with Crippen LogP contribution in [0.4, 0.5) is 10.8 Å². The Kier molecular flexibility index (Phi) is 8.06. The average Bonchev–Trinajstić information content (AvgIpc) is 3.32. The van der Waals surface area contributed by atoms with Gasteiger partial charge in [-0.25, -0.2) is 4.79 Å². The van der Waals surface area contributed by atoms with Gasteiger partial charge in [0.15, 0.2) is 12.2 Å². The van der Waals surface area contributed by atoms with E-state index in [1.165, 1.54) is 22.1 Å². The third-order valence-electron chi connectivity index (χ3n) is 5.96. The zero-order valence-corrected chi connectivity index (χ0v) is 21.4. The van der Waals surface area contributed by atoms with Gasteiger partial charge in [-0.1, -0.05) is 36.5 Å². The van der Waals surface area contributed by atoms with Gasteiger partial charge in [0.05, 0.1) is 44.2 Å². The summed E-state index contributed by atoms with van der Waals surface area (Å²) < 4.78 is 6.49. The van der Waals surface area contributed by atoms with E-state index in [1.807, 2.05) is 36.9 Å². The van der Waals surface area contributed by atoms with Crippen molar-refractivity contribution in [3.63, 3.8) is 0 Å². The molecule has 2 N–H and O–H groups in total. The second kappa shape index (κ2) is 11.4. The van der Waals surface area contributed by atoms with Gasteiger partial charge >= 0.3 is 5.97 Å². The van der Waals surface area contributed by atoms with Crippen LogP contribution in [0.25, 0.3) is 5.69 Å². The van der Waals surface area contributed by atoms with E-state index >= 15 is 0 Å². The number of hydrogen-bond donors (Lipinski definition) is 2. The van der Waals surface area contributed by atoms with Gasteiger partial charge in [-0.3, -0.25) is 14.9 Å². The van der Waals surface area contributed by atoms with Crippen molar-refractivity contribution >= 4 is 34.0 Å². The normalized spacial score (nSPS) is 14.0. The molecular formula is C24H30N7O4S+. The van der Waals surface area contributed by atoms with E-state index in [-0.39, 0.29) is 23.8 Å². The van der Waals surface area contributed by atoms with E-state index in [0.717, 1.165) is 21.9 Å². The van der Waals surface area contributed by atoms with Gasteiger partial charge in [-0.15, -0.1) is 10.2 Å². The van der Waals surface area contributed by atoms with Crippen molar-refractivity contribution in [2.45, 2.75) is 27.2 Å². The second-order valence-corrected chi connectivity index (χ2v) is 9.51. The molecule has 0 radical (unpaired) electrons. The SMILES string of the molecule is CCOC(=O)c1nn(-c2ccccc2C)c(=O)cc1N1CC[NH+](CC(=O)Nc2nnc(CC)s2)CC1. The molecule has 3 aromatic rings. The minimum atomic E-state index is -0.576. The second-order valence-electron chi connectivity index (χ2n) is 8.45. The average molecular weight is 513 g/mol. The number of anilines is 2.